The lowest BCUT2D eigenvalue weighted by Crippen LogP contribution is -2.23. The Bertz CT molecular complexity index is 955. The predicted molar refractivity (Wildman–Crippen MR) is 93.7 cm³/mol. The summed E-state index contributed by atoms with van der Waals surface area (Å²) in [6, 6.07) is 15.0. The number of carbonyl (C=O) groups excluding carboxylic acids is 1. The van der Waals surface area contributed by atoms with Gasteiger partial charge >= 0.3 is 0 Å². The number of nitrogens with zero attached hydrogens (tertiary/aromatic N) is 1. The molecular formula is C20H15FN2O2. The fourth-order valence-electron chi connectivity index (χ4n) is 2.28. The molecule has 0 spiro atoms. The number of para-hydroxylation sites is 1. The Morgan fingerprint density at radius 1 is 1.12 bits per heavy atom. The van der Waals surface area contributed by atoms with E-state index in [4.69, 9.17) is 4.74 Å². The molecule has 1 amide bonds. The molecule has 1 aromatic heterocycles. The Kier molecular flexibility index (Phi) is 5.22. The van der Waals surface area contributed by atoms with Crippen molar-refractivity contribution in [2.45, 2.75) is 0 Å². The minimum Gasteiger partial charge on any atom is -0.479 e. The summed E-state index contributed by atoms with van der Waals surface area (Å²) >= 11 is 0. The third-order valence-corrected chi connectivity index (χ3v) is 3.44. The van der Waals surface area contributed by atoms with Gasteiger partial charge in [-0.15, -0.1) is 0 Å². The Morgan fingerprint density at radius 2 is 1.96 bits per heavy atom. The van der Waals surface area contributed by atoms with Crippen LogP contribution in [0.2, 0.25) is 0 Å². The lowest BCUT2D eigenvalue weighted by Gasteiger charge is -2.05. The van der Waals surface area contributed by atoms with E-state index in [-0.39, 0.29) is 24.6 Å². The van der Waals surface area contributed by atoms with Gasteiger partial charge < -0.3 is 10.1 Å². The molecule has 124 valence electrons. The van der Waals surface area contributed by atoms with Crippen molar-refractivity contribution in [3.05, 3.63) is 72.2 Å². The van der Waals surface area contributed by atoms with Crippen LogP contribution in [0.25, 0.3) is 10.9 Å². The molecule has 0 aliphatic rings. The average molecular weight is 334 g/mol. The van der Waals surface area contributed by atoms with Crippen LogP contribution in [0.4, 0.5) is 4.39 Å². The molecule has 1 heterocycles. The zero-order chi connectivity index (χ0) is 17.5. The van der Waals surface area contributed by atoms with Gasteiger partial charge in [-0.05, 0) is 30.3 Å². The van der Waals surface area contributed by atoms with Gasteiger partial charge in [0.2, 0.25) is 0 Å². The second kappa shape index (κ2) is 7.93. The van der Waals surface area contributed by atoms with Crippen molar-refractivity contribution in [3.63, 3.8) is 0 Å². The van der Waals surface area contributed by atoms with Gasteiger partial charge in [-0.3, -0.25) is 9.78 Å². The first-order valence-corrected chi connectivity index (χ1v) is 7.70. The van der Waals surface area contributed by atoms with Crippen LogP contribution in [0.3, 0.4) is 0 Å². The molecule has 0 unspecified atom stereocenters. The van der Waals surface area contributed by atoms with E-state index in [9.17, 15) is 9.18 Å². The standard InChI is InChI=1S/C20H15FN2O2/c21-17-9-3-7-16(14-17)20(24)23-11-1-2-13-25-18-10-4-6-15-8-5-12-22-19(15)18/h3-10,12,14H,11,13H2,(H,23,24). The number of fused-ring (bicyclic) bond motifs is 1. The molecule has 5 heteroatoms. The molecular weight excluding hydrogens is 319 g/mol. The Morgan fingerprint density at radius 3 is 2.84 bits per heavy atom. The first-order chi connectivity index (χ1) is 12.2. The van der Waals surface area contributed by atoms with Gasteiger partial charge in [0.05, 0.1) is 6.54 Å². The van der Waals surface area contributed by atoms with Gasteiger partial charge in [-0.25, -0.2) is 4.39 Å². The van der Waals surface area contributed by atoms with Crippen molar-refractivity contribution in [1.29, 1.82) is 0 Å². The summed E-state index contributed by atoms with van der Waals surface area (Å²) in [5.41, 5.74) is 1.05. The van der Waals surface area contributed by atoms with Crippen molar-refractivity contribution < 1.29 is 13.9 Å². The smallest absolute Gasteiger partial charge is 0.252 e. The first-order valence-electron chi connectivity index (χ1n) is 7.70. The van der Waals surface area contributed by atoms with Crippen LogP contribution in [0.5, 0.6) is 5.75 Å². The molecule has 4 nitrogen and oxygen atoms in total. The van der Waals surface area contributed by atoms with Crippen molar-refractivity contribution in [2.24, 2.45) is 0 Å². The number of hydrogen-bond acceptors (Lipinski definition) is 3. The second-order valence-electron chi connectivity index (χ2n) is 5.17. The number of nitrogens with one attached hydrogen (secondary N) is 1. The molecule has 1 N–H and O–H groups in total. The maximum atomic E-state index is 13.1. The Labute approximate surface area is 144 Å². The third kappa shape index (κ3) is 4.33. The summed E-state index contributed by atoms with van der Waals surface area (Å²) < 4.78 is 18.7. The van der Waals surface area contributed by atoms with Crippen molar-refractivity contribution in [2.75, 3.05) is 13.2 Å². The number of aromatic nitrogens is 1. The molecule has 25 heavy (non-hydrogen) atoms. The van der Waals surface area contributed by atoms with E-state index in [1.165, 1.54) is 18.2 Å². The van der Waals surface area contributed by atoms with Crippen LogP contribution in [-0.2, 0) is 0 Å². The number of pyridine rings is 1. The number of amides is 1. The Hall–Kier alpha value is -3.39. The van der Waals surface area contributed by atoms with Crippen molar-refractivity contribution in [3.8, 4) is 17.6 Å². The summed E-state index contributed by atoms with van der Waals surface area (Å²) in [5.74, 6) is 5.47. The number of hydrogen-bond donors (Lipinski definition) is 1. The van der Waals surface area contributed by atoms with Crippen LogP contribution in [-0.4, -0.2) is 24.0 Å². The Balaban J connectivity index is 1.51. The summed E-state index contributed by atoms with van der Waals surface area (Å²) in [4.78, 5) is 16.1. The van der Waals surface area contributed by atoms with Crippen LogP contribution < -0.4 is 10.1 Å². The second-order valence-corrected chi connectivity index (χ2v) is 5.17. The zero-order valence-electron chi connectivity index (χ0n) is 13.3. The molecule has 0 radical (unpaired) electrons. The number of rotatable bonds is 4. The molecule has 0 atom stereocenters. The largest absolute Gasteiger partial charge is 0.479 e. The zero-order valence-corrected chi connectivity index (χ0v) is 13.3. The lowest BCUT2D eigenvalue weighted by atomic mass is 10.2. The number of benzene rings is 2. The van der Waals surface area contributed by atoms with Gasteiger partial charge in [0.25, 0.3) is 5.91 Å². The molecule has 0 fully saturated rings. The van der Waals surface area contributed by atoms with Crippen LogP contribution in [0, 0.1) is 17.7 Å². The molecule has 0 bridgehead atoms. The quantitative estimate of drug-likeness (QED) is 0.746. The van der Waals surface area contributed by atoms with E-state index in [0.29, 0.717) is 5.75 Å². The first kappa shape index (κ1) is 16.5. The molecule has 3 aromatic rings. The maximum absolute atomic E-state index is 13.1. The van der Waals surface area contributed by atoms with E-state index < -0.39 is 5.82 Å². The van der Waals surface area contributed by atoms with E-state index in [1.54, 1.807) is 12.3 Å². The SMILES string of the molecule is O=C(NCC#CCOc1cccc2cccnc12)c1cccc(F)c1. The van der Waals surface area contributed by atoms with Gasteiger partial charge in [0.15, 0.2) is 0 Å². The topological polar surface area (TPSA) is 51.2 Å². The number of ether oxygens (including phenoxy) is 1. The monoisotopic (exact) mass is 334 g/mol. The normalized spacial score (nSPS) is 9.96. The molecule has 2 aromatic carbocycles. The summed E-state index contributed by atoms with van der Waals surface area (Å²) in [6.07, 6.45) is 1.71. The highest BCUT2D eigenvalue weighted by Crippen LogP contribution is 2.22. The maximum Gasteiger partial charge on any atom is 0.252 e. The fraction of sp³-hybridized carbons (Fsp3) is 0.100. The highest BCUT2D eigenvalue weighted by molar-refractivity contribution is 5.94. The van der Waals surface area contributed by atoms with E-state index in [2.05, 4.69) is 22.1 Å². The van der Waals surface area contributed by atoms with E-state index >= 15 is 0 Å². The molecule has 0 saturated carbocycles. The van der Waals surface area contributed by atoms with Gasteiger partial charge in [-0.1, -0.05) is 36.1 Å². The highest BCUT2D eigenvalue weighted by Gasteiger charge is 2.04. The average Bonchev–Trinajstić information content (AvgIpc) is 2.64. The predicted octanol–water partition coefficient (Wildman–Crippen LogP) is 3.19. The summed E-state index contributed by atoms with van der Waals surface area (Å²) in [5, 5.41) is 3.60. The molecule has 0 saturated heterocycles. The van der Waals surface area contributed by atoms with Crippen molar-refractivity contribution >= 4 is 16.8 Å². The number of halogens is 1. The van der Waals surface area contributed by atoms with Gasteiger partial charge in [0.1, 0.15) is 23.7 Å². The minimum atomic E-state index is -0.448. The number of carbonyl (C=O) groups is 1. The lowest BCUT2D eigenvalue weighted by molar-refractivity contribution is 0.0958. The van der Waals surface area contributed by atoms with Crippen LogP contribution in [0.15, 0.2) is 60.8 Å². The van der Waals surface area contributed by atoms with Crippen LogP contribution >= 0.6 is 0 Å². The molecule has 0 aliphatic heterocycles. The highest BCUT2D eigenvalue weighted by atomic mass is 19.1. The molecule has 0 aliphatic carbocycles. The third-order valence-electron chi connectivity index (χ3n) is 3.44. The summed E-state index contributed by atoms with van der Waals surface area (Å²) in [7, 11) is 0. The minimum absolute atomic E-state index is 0.159. The van der Waals surface area contributed by atoms with Gasteiger partial charge in [0, 0.05) is 17.1 Å². The van der Waals surface area contributed by atoms with Crippen LogP contribution in [0.1, 0.15) is 10.4 Å². The van der Waals surface area contributed by atoms with Gasteiger partial charge in [-0.2, -0.15) is 0 Å². The molecule has 3 rings (SSSR count). The van der Waals surface area contributed by atoms with E-state index in [0.717, 1.165) is 10.9 Å². The van der Waals surface area contributed by atoms with E-state index in [1.807, 2.05) is 30.3 Å². The summed E-state index contributed by atoms with van der Waals surface area (Å²) in [6.45, 7) is 0.345. The fourth-order valence-corrected chi connectivity index (χ4v) is 2.28. The van der Waals surface area contributed by atoms with Crippen molar-refractivity contribution in [1.82, 2.24) is 10.3 Å².